The van der Waals surface area contributed by atoms with Gasteiger partial charge in [-0.2, -0.15) is 0 Å². The maximum absolute atomic E-state index is 12.3. The fourth-order valence-corrected chi connectivity index (χ4v) is 3.49. The lowest BCUT2D eigenvalue weighted by Gasteiger charge is -2.27. The molecule has 0 saturated carbocycles. The van der Waals surface area contributed by atoms with Crippen molar-refractivity contribution in [3.05, 3.63) is 48.2 Å². The van der Waals surface area contributed by atoms with Gasteiger partial charge in [0.1, 0.15) is 11.6 Å². The molecule has 0 radical (unpaired) electrons. The maximum atomic E-state index is 12.3. The summed E-state index contributed by atoms with van der Waals surface area (Å²) in [5.41, 5.74) is 0.739. The fourth-order valence-electron chi connectivity index (χ4n) is 2.52. The number of hydrogen-bond donors (Lipinski definition) is 1. The minimum absolute atomic E-state index is 0.135. The predicted molar refractivity (Wildman–Crippen MR) is 102 cm³/mol. The van der Waals surface area contributed by atoms with Gasteiger partial charge in [0, 0.05) is 18.4 Å². The summed E-state index contributed by atoms with van der Waals surface area (Å²) >= 11 is 0. The van der Waals surface area contributed by atoms with Crippen LogP contribution in [0.1, 0.15) is 6.92 Å². The van der Waals surface area contributed by atoms with Gasteiger partial charge >= 0.3 is 5.97 Å². The zero-order valence-electron chi connectivity index (χ0n) is 15.3. The summed E-state index contributed by atoms with van der Waals surface area (Å²) in [7, 11) is -1.92. The molecule has 1 amide bonds. The molecule has 10 heteroatoms. The van der Waals surface area contributed by atoms with E-state index in [1.807, 2.05) is 0 Å². The smallest absolute Gasteiger partial charge is 0.340 e. The van der Waals surface area contributed by atoms with Crippen LogP contribution in [-0.2, 0) is 24.3 Å². The molecule has 1 aromatic rings. The molecule has 0 fully saturated rings. The second kappa shape index (κ2) is 7.85. The minimum Gasteiger partial charge on any atom is -0.497 e. The molecule has 2 aliphatic rings. The average molecular weight is 405 g/mol. The van der Waals surface area contributed by atoms with E-state index >= 15 is 0 Å². The van der Waals surface area contributed by atoms with Gasteiger partial charge in [0.2, 0.25) is 0 Å². The highest BCUT2D eigenvalue weighted by molar-refractivity contribution is 7.90. The number of ether oxygens (including phenoxy) is 2. The number of sulfonamides is 1. The van der Waals surface area contributed by atoms with E-state index in [0.717, 1.165) is 0 Å². The van der Waals surface area contributed by atoms with E-state index in [0.29, 0.717) is 11.4 Å². The quantitative estimate of drug-likeness (QED) is 0.729. The number of nitrogens with one attached hydrogen (secondary N) is 1. The molecule has 0 saturated heterocycles. The van der Waals surface area contributed by atoms with E-state index in [-0.39, 0.29) is 23.7 Å². The van der Waals surface area contributed by atoms with Gasteiger partial charge in [-0.15, -0.1) is 4.40 Å². The lowest BCUT2D eigenvalue weighted by atomic mass is 10.2. The van der Waals surface area contributed by atoms with Crippen LogP contribution in [0.3, 0.4) is 0 Å². The number of esters is 1. The Morgan fingerprint density at radius 2 is 1.93 bits per heavy atom. The van der Waals surface area contributed by atoms with Crippen LogP contribution in [-0.4, -0.2) is 56.5 Å². The Balaban J connectivity index is 1.60. The summed E-state index contributed by atoms with van der Waals surface area (Å²) < 4.78 is 36.9. The summed E-state index contributed by atoms with van der Waals surface area (Å²) in [6.07, 6.45) is 3.27. The van der Waals surface area contributed by atoms with E-state index in [4.69, 9.17) is 9.47 Å². The summed E-state index contributed by atoms with van der Waals surface area (Å²) in [6.45, 7) is 1.65. The topological polar surface area (TPSA) is 114 Å². The summed E-state index contributed by atoms with van der Waals surface area (Å²) in [4.78, 5) is 26.1. The minimum atomic E-state index is -3.47. The molecule has 9 nitrogen and oxygen atoms in total. The average Bonchev–Trinajstić information content (AvgIpc) is 2.67. The number of benzene rings is 1. The van der Waals surface area contributed by atoms with Gasteiger partial charge in [0.05, 0.1) is 18.4 Å². The molecule has 1 unspecified atom stereocenters. The van der Waals surface area contributed by atoms with Crippen molar-refractivity contribution in [1.29, 1.82) is 0 Å². The lowest BCUT2D eigenvalue weighted by molar-refractivity contribution is -0.149. The molecule has 3 rings (SSSR count). The second-order valence-corrected chi connectivity index (χ2v) is 7.87. The van der Waals surface area contributed by atoms with Crippen LogP contribution in [0.2, 0.25) is 0 Å². The molecule has 0 aliphatic carbocycles. The Hall–Kier alpha value is -3.14. The number of rotatable bonds is 5. The van der Waals surface area contributed by atoms with E-state index in [1.165, 1.54) is 25.3 Å². The number of fused-ring (bicyclic) bond motifs is 1. The van der Waals surface area contributed by atoms with Gasteiger partial charge in [-0.25, -0.2) is 13.2 Å². The molecule has 2 aliphatic heterocycles. The standard InChI is InChI=1S/C18H19N3O6S/c1-12(17(22)19-14-4-6-15(26-2)7-5-14)27-18(23)13-3-8-16-20-28(24,25)10-9-21(16)11-13/h3-8,11-12H,9-10H2,1-2H3,(H,19,22). The second-order valence-electron chi connectivity index (χ2n) is 6.11. The Labute approximate surface area is 162 Å². The number of amidine groups is 1. The third-order valence-corrected chi connectivity index (χ3v) is 5.23. The SMILES string of the molecule is COc1ccc(NC(=O)C(C)OC(=O)C2=CN3CCS(=O)(=O)N=C3C=C2)cc1. The van der Waals surface area contributed by atoms with E-state index in [2.05, 4.69) is 9.71 Å². The lowest BCUT2D eigenvalue weighted by Crippen LogP contribution is -2.37. The Kier molecular flexibility index (Phi) is 5.50. The highest BCUT2D eigenvalue weighted by Gasteiger charge is 2.27. The number of carbonyl (C=O) groups excluding carboxylic acids is 2. The number of nitrogens with zero attached hydrogens (tertiary/aromatic N) is 2. The summed E-state index contributed by atoms with van der Waals surface area (Å²) in [5, 5.41) is 2.65. The van der Waals surface area contributed by atoms with Crippen LogP contribution in [0, 0.1) is 0 Å². The highest BCUT2D eigenvalue weighted by Crippen LogP contribution is 2.18. The van der Waals surface area contributed by atoms with Crippen LogP contribution in [0.5, 0.6) is 5.75 Å². The normalized spacial score (nSPS) is 18.3. The van der Waals surface area contributed by atoms with Crippen molar-refractivity contribution < 1.29 is 27.5 Å². The van der Waals surface area contributed by atoms with Crippen molar-refractivity contribution in [2.24, 2.45) is 4.40 Å². The summed E-state index contributed by atoms with van der Waals surface area (Å²) in [5.74, 6) is -0.412. The first kappa shape index (κ1) is 19.6. The fraction of sp³-hybridized carbons (Fsp3) is 0.278. The molecule has 1 aromatic carbocycles. The van der Waals surface area contributed by atoms with E-state index in [1.54, 1.807) is 36.3 Å². The molecule has 2 heterocycles. The van der Waals surface area contributed by atoms with Crippen molar-refractivity contribution in [3.8, 4) is 5.75 Å². The van der Waals surface area contributed by atoms with E-state index < -0.39 is 28.0 Å². The van der Waals surface area contributed by atoms with Crippen LogP contribution in [0.4, 0.5) is 5.69 Å². The zero-order valence-corrected chi connectivity index (χ0v) is 16.1. The van der Waals surface area contributed by atoms with Crippen molar-refractivity contribution in [1.82, 2.24) is 4.90 Å². The number of carbonyl (C=O) groups is 2. The molecule has 1 atom stereocenters. The molecule has 1 N–H and O–H groups in total. The van der Waals surface area contributed by atoms with Gasteiger partial charge in [0.15, 0.2) is 6.10 Å². The Bertz CT molecular complexity index is 979. The van der Waals surface area contributed by atoms with Crippen LogP contribution < -0.4 is 10.1 Å². The zero-order chi connectivity index (χ0) is 20.3. The monoisotopic (exact) mass is 405 g/mol. The molecule has 0 aromatic heterocycles. The number of hydrogen-bond acceptors (Lipinski definition) is 7. The number of amides is 1. The van der Waals surface area contributed by atoms with Crippen LogP contribution in [0.25, 0.3) is 0 Å². The molecule has 28 heavy (non-hydrogen) atoms. The largest absolute Gasteiger partial charge is 0.497 e. The third kappa shape index (κ3) is 4.58. The molecular weight excluding hydrogens is 386 g/mol. The van der Waals surface area contributed by atoms with Gasteiger partial charge in [-0.05, 0) is 43.3 Å². The Morgan fingerprint density at radius 1 is 1.21 bits per heavy atom. The molecular formula is C18H19N3O6S. The van der Waals surface area contributed by atoms with Gasteiger partial charge in [-0.3, -0.25) is 4.79 Å². The van der Waals surface area contributed by atoms with E-state index in [9.17, 15) is 18.0 Å². The van der Waals surface area contributed by atoms with Crippen molar-refractivity contribution in [2.45, 2.75) is 13.0 Å². The van der Waals surface area contributed by atoms with Crippen LogP contribution >= 0.6 is 0 Å². The van der Waals surface area contributed by atoms with Gasteiger partial charge in [-0.1, -0.05) is 0 Å². The Morgan fingerprint density at radius 3 is 2.61 bits per heavy atom. The molecule has 0 bridgehead atoms. The maximum Gasteiger partial charge on any atom is 0.340 e. The first-order chi connectivity index (χ1) is 13.3. The van der Waals surface area contributed by atoms with Crippen molar-refractivity contribution in [2.75, 3.05) is 24.7 Å². The highest BCUT2D eigenvalue weighted by atomic mass is 32.2. The van der Waals surface area contributed by atoms with Crippen molar-refractivity contribution in [3.63, 3.8) is 0 Å². The number of methoxy groups -OCH3 is 1. The van der Waals surface area contributed by atoms with Gasteiger partial charge < -0.3 is 19.7 Å². The predicted octanol–water partition coefficient (Wildman–Crippen LogP) is 1.06. The number of anilines is 1. The van der Waals surface area contributed by atoms with Crippen molar-refractivity contribution >= 4 is 33.4 Å². The summed E-state index contributed by atoms with van der Waals surface area (Å²) in [6, 6.07) is 6.73. The van der Waals surface area contributed by atoms with Gasteiger partial charge in [0.25, 0.3) is 15.9 Å². The molecule has 0 spiro atoms. The van der Waals surface area contributed by atoms with Crippen LogP contribution in [0.15, 0.2) is 52.6 Å². The first-order valence-electron chi connectivity index (χ1n) is 8.42. The molecule has 148 valence electrons. The third-order valence-electron chi connectivity index (χ3n) is 4.07. The first-order valence-corrected chi connectivity index (χ1v) is 10.0.